The monoisotopic (exact) mass is 382 g/mol. The molecule has 0 fully saturated rings. The Bertz CT molecular complexity index is 811. The van der Waals surface area contributed by atoms with Crippen LogP contribution in [0.2, 0.25) is 0 Å². The maximum absolute atomic E-state index is 12.7. The van der Waals surface area contributed by atoms with Gasteiger partial charge in [0.1, 0.15) is 12.1 Å². The molecule has 11 heteroatoms. The highest BCUT2D eigenvalue weighted by atomic mass is 19.3. The van der Waals surface area contributed by atoms with Gasteiger partial charge in [-0.05, 0) is 13.0 Å². The van der Waals surface area contributed by atoms with Crippen molar-refractivity contribution in [3.8, 4) is 17.2 Å². The molecule has 9 nitrogen and oxygen atoms in total. The molecule has 0 unspecified atom stereocenters. The number of fused-ring (bicyclic) bond motifs is 1. The zero-order valence-electron chi connectivity index (χ0n) is 14.9. The predicted molar refractivity (Wildman–Crippen MR) is 91.9 cm³/mol. The normalized spacial score (nSPS) is 13.1. The highest BCUT2D eigenvalue weighted by Gasteiger charge is 2.20. The minimum absolute atomic E-state index is 0.0166. The first kappa shape index (κ1) is 18.7. The van der Waals surface area contributed by atoms with Crippen molar-refractivity contribution in [3.63, 3.8) is 0 Å². The number of halogens is 2. The zero-order valence-corrected chi connectivity index (χ0v) is 14.9. The molecule has 0 amide bonds. The number of ether oxygens (including phenoxy) is 3. The summed E-state index contributed by atoms with van der Waals surface area (Å²) in [5, 5.41) is 14.0. The van der Waals surface area contributed by atoms with Crippen LogP contribution in [0.25, 0.3) is 0 Å². The van der Waals surface area contributed by atoms with E-state index in [1.807, 2.05) is 11.5 Å². The Morgan fingerprint density at radius 2 is 2.04 bits per heavy atom. The molecule has 1 aliphatic rings. The largest absolute Gasteiger partial charge is 0.454 e. The van der Waals surface area contributed by atoms with E-state index in [0.29, 0.717) is 29.6 Å². The van der Waals surface area contributed by atoms with Crippen molar-refractivity contribution in [2.45, 2.75) is 33.2 Å². The fourth-order valence-corrected chi connectivity index (χ4v) is 2.55. The van der Waals surface area contributed by atoms with Crippen LogP contribution in [0.1, 0.15) is 18.3 Å². The second kappa shape index (κ2) is 8.52. The van der Waals surface area contributed by atoms with Crippen molar-refractivity contribution in [1.29, 1.82) is 0 Å². The Morgan fingerprint density at radius 3 is 2.74 bits per heavy atom. The lowest BCUT2D eigenvalue weighted by Gasteiger charge is -2.15. The van der Waals surface area contributed by atoms with E-state index >= 15 is 0 Å². The summed E-state index contributed by atoms with van der Waals surface area (Å²) in [4.78, 5) is 4.11. The van der Waals surface area contributed by atoms with Crippen LogP contribution in [0.15, 0.2) is 23.5 Å². The first-order valence-corrected chi connectivity index (χ1v) is 8.29. The summed E-state index contributed by atoms with van der Waals surface area (Å²) in [5.74, 6) is 2.10. The molecular weight excluding hydrogens is 362 g/mol. The Balaban J connectivity index is 1.65. The highest BCUT2D eigenvalue weighted by molar-refractivity contribution is 5.79. The average Bonchev–Trinajstić information content (AvgIpc) is 3.29. The minimum atomic E-state index is -2.94. The standard InChI is InChI=1S/C16H20F2N6O3/c1-3-24-8-22-23-14(24)7-21-16(19-2)20-6-10-4-12-13(26-9-25-12)5-11(10)27-15(17)18/h4-5,8,15H,3,6-7,9H2,1-2H3,(H2,19,20,21). The van der Waals surface area contributed by atoms with Crippen molar-refractivity contribution in [2.24, 2.45) is 4.99 Å². The maximum atomic E-state index is 12.7. The van der Waals surface area contributed by atoms with E-state index in [4.69, 9.17) is 9.47 Å². The molecule has 0 saturated carbocycles. The molecule has 1 aromatic heterocycles. The molecular formula is C16H20F2N6O3. The molecule has 2 N–H and O–H groups in total. The van der Waals surface area contributed by atoms with Gasteiger partial charge in [0.2, 0.25) is 6.79 Å². The summed E-state index contributed by atoms with van der Waals surface area (Å²) in [5.41, 5.74) is 0.485. The zero-order chi connectivity index (χ0) is 19.2. The SMILES string of the molecule is CCn1cnnc1CNC(=NC)NCc1cc2c(cc1OC(F)F)OCO2. The number of alkyl halides is 2. The topological polar surface area (TPSA) is 94.8 Å². The molecule has 0 radical (unpaired) electrons. The summed E-state index contributed by atoms with van der Waals surface area (Å²) in [6.07, 6.45) is 1.65. The van der Waals surface area contributed by atoms with Crippen molar-refractivity contribution in [1.82, 2.24) is 25.4 Å². The first-order valence-electron chi connectivity index (χ1n) is 8.29. The molecule has 27 heavy (non-hydrogen) atoms. The number of guanidine groups is 1. The lowest BCUT2D eigenvalue weighted by molar-refractivity contribution is -0.0505. The van der Waals surface area contributed by atoms with Crippen LogP contribution in [-0.4, -0.2) is 41.2 Å². The van der Waals surface area contributed by atoms with Crippen LogP contribution in [0.4, 0.5) is 8.78 Å². The van der Waals surface area contributed by atoms with Gasteiger partial charge >= 0.3 is 6.61 Å². The number of aryl methyl sites for hydroxylation is 1. The molecule has 3 rings (SSSR count). The van der Waals surface area contributed by atoms with Crippen LogP contribution in [-0.2, 0) is 19.6 Å². The molecule has 0 saturated heterocycles. The van der Waals surface area contributed by atoms with Gasteiger partial charge in [-0.15, -0.1) is 10.2 Å². The first-order chi connectivity index (χ1) is 13.1. The second-order valence-electron chi connectivity index (χ2n) is 5.50. The van der Waals surface area contributed by atoms with Gasteiger partial charge in [0.05, 0.1) is 6.54 Å². The van der Waals surface area contributed by atoms with Crippen LogP contribution in [0.3, 0.4) is 0 Å². The Kier molecular flexibility index (Phi) is 5.89. The third-order valence-electron chi connectivity index (χ3n) is 3.89. The fraction of sp³-hybridized carbons (Fsp3) is 0.438. The van der Waals surface area contributed by atoms with Gasteiger partial charge in [0, 0.05) is 31.8 Å². The van der Waals surface area contributed by atoms with Crippen molar-refractivity contribution in [2.75, 3.05) is 13.8 Å². The average molecular weight is 382 g/mol. The number of hydrogen-bond acceptors (Lipinski definition) is 6. The number of hydrogen-bond donors (Lipinski definition) is 2. The van der Waals surface area contributed by atoms with E-state index in [9.17, 15) is 8.78 Å². The summed E-state index contributed by atoms with van der Waals surface area (Å²) in [7, 11) is 1.61. The van der Waals surface area contributed by atoms with Crippen LogP contribution in [0.5, 0.6) is 17.2 Å². The number of nitrogens with one attached hydrogen (secondary N) is 2. The molecule has 2 aromatic rings. The second-order valence-corrected chi connectivity index (χ2v) is 5.50. The number of benzene rings is 1. The van der Waals surface area contributed by atoms with Crippen LogP contribution >= 0.6 is 0 Å². The molecule has 0 spiro atoms. The smallest absolute Gasteiger partial charge is 0.387 e. The van der Waals surface area contributed by atoms with Crippen LogP contribution < -0.4 is 24.8 Å². The van der Waals surface area contributed by atoms with Gasteiger partial charge in [0.15, 0.2) is 23.3 Å². The minimum Gasteiger partial charge on any atom is -0.454 e. The van der Waals surface area contributed by atoms with E-state index in [2.05, 4.69) is 30.6 Å². The van der Waals surface area contributed by atoms with E-state index in [0.717, 1.165) is 12.4 Å². The molecule has 1 aliphatic heterocycles. The Labute approximate surface area is 154 Å². The number of aromatic nitrogens is 3. The van der Waals surface area contributed by atoms with Gasteiger partial charge in [0.25, 0.3) is 0 Å². The third-order valence-corrected chi connectivity index (χ3v) is 3.89. The Morgan fingerprint density at radius 1 is 1.30 bits per heavy atom. The van der Waals surface area contributed by atoms with Crippen molar-refractivity contribution in [3.05, 3.63) is 29.8 Å². The number of rotatable bonds is 7. The van der Waals surface area contributed by atoms with Gasteiger partial charge in [-0.25, -0.2) is 0 Å². The number of aliphatic imine (C=N–C) groups is 1. The number of nitrogens with zero attached hydrogens (tertiary/aromatic N) is 4. The van der Waals surface area contributed by atoms with Crippen LogP contribution in [0, 0.1) is 0 Å². The quantitative estimate of drug-likeness (QED) is 0.553. The Hall–Kier alpha value is -3.11. The van der Waals surface area contributed by atoms with E-state index < -0.39 is 6.61 Å². The third kappa shape index (κ3) is 4.54. The van der Waals surface area contributed by atoms with E-state index in [-0.39, 0.29) is 19.1 Å². The summed E-state index contributed by atoms with van der Waals surface area (Å²) >= 11 is 0. The summed E-state index contributed by atoms with van der Waals surface area (Å²) in [6, 6.07) is 3.00. The molecule has 1 aromatic carbocycles. The fourth-order valence-electron chi connectivity index (χ4n) is 2.55. The van der Waals surface area contributed by atoms with Gasteiger partial charge in [-0.1, -0.05) is 0 Å². The lowest BCUT2D eigenvalue weighted by Crippen LogP contribution is -2.37. The maximum Gasteiger partial charge on any atom is 0.387 e. The summed E-state index contributed by atoms with van der Waals surface area (Å²) in [6.45, 7) is 0.447. The lowest BCUT2D eigenvalue weighted by atomic mass is 10.1. The van der Waals surface area contributed by atoms with Crippen molar-refractivity contribution >= 4 is 5.96 Å². The van der Waals surface area contributed by atoms with E-state index in [1.54, 1.807) is 19.4 Å². The van der Waals surface area contributed by atoms with E-state index in [1.165, 1.54) is 6.07 Å². The van der Waals surface area contributed by atoms with Crippen molar-refractivity contribution < 1.29 is 23.0 Å². The van der Waals surface area contributed by atoms with Gasteiger partial charge < -0.3 is 29.4 Å². The van der Waals surface area contributed by atoms with Gasteiger partial charge in [-0.3, -0.25) is 4.99 Å². The molecule has 0 atom stereocenters. The highest BCUT2D eigenvalue weighted by Crippen LogP contribution is 2.38. The van der Waals surface area contributed by atoms with Gasteiger partial charge in [-0.2, -0.15) is 8.78 Å². The predicted octanol–water partition coefficient (Wildman–Crippen LogP) is 1.49. The molecule has 146 valence electrons. The molecule has 2 heterocycles. The molecule has 0 aliphatic carbocycles. The summed E-state index contributed by atoms with van der Waals surface area (Å²) < 4.78 is 42.4. The molecule has 0 bridgehead atoms.